The lowest BCUT2D eigenvalue weighted by atomic mass is 10.2. The molecule has 0 N–H and O–H groups in total. The first-order chi connectivity index (χ1) is 9.06. The van der Waals surface area contributed by atoms with Crippen molar-refractivity contribution < 1.29 is 26.9 Å². The molecule has 0 atom stereocenters. The molecule has 0 saturated carbocycles. The highest BCUT2D eigenvalue weighted by atomic mass is 19.1. The lowest BCUT2D eigenvalue weighted by Gasteiger charge is -2.07. The van der Waals surface area contributed by atoms with E-state index in [-0.39, 0.29) is 11.5 Å². The van der Waals surface area contributed by atoms with Gasteiger partial charge in [-0.1, -0.05) is 0 Å². The lowest BCUT2D eigenvalue weighted by molar-refractivity contribution is 0.417. The topological polar surface area (TPSA) is 18.5 Å². The Morgan fingerprint density at radius 1 is 0.684 bits per heavy atom. The Balaban J connectivity index is 1.96. The predicted molar refractivity (Wildman–Crippen MR) is 59.7 cm³/mol. The van der Waals surface area contributed by atoms with E-state index in [4.69, 9.17) is 9.31 Å². The van der Waals surface area contributed by atoms with E-state index in [0.717, 1.165) is 24.3 Å². The van der Waals surface area contributed by atoms with Crippen molar-refractivity contribution in [3.05, 3.63) is 59.7 Å². The SMILES string of the molecule is Fc1ccc(O[B]Oc2ccc(F)cc2F)c(F)c1. The average molecular weight is 269 g/mol. The number of hydrogen-bond donors (Lipinski definition) is 0. The zero-order valence-corrected chi connectivity index (χ0v) is 9.37. The molecule has 2 aromatic rings. The first kappa shape index (κ1) is 13.3. The van der Waals surface area contributed by atoms with Gasteiger partial charge in [0.1, 0.15) is 23.1 Å². The molecule has 0 amide bonds. The van der Waals surface area contributed by atoms with Crippen LogP contribution in [0.1, 0.15) is 0 Å². The molecular formula is C12H6BF4O2. The van der Waals surface area contributed by atoms with Crippen molar-refractivity contribution in [2.45, 2.75) is 0 Å². The highest BCUT2D eigenvalue weighted by Crippen LogP contribution is 2.19. The largest absolute Gasteiger partial charge is 0.658 e. The van der Waals surface area contributed by atoms with Crippen molar-refractivity contribution in [1.82, 2.24) is 0 Å². The maximum Gasteiger partial charge on any atom is 0.658 e. The van der Waals surface area contributed by atoms with E-state index in [2.05, 4.69) is 0 Å². The predicted octanol–water partition coefficient (Wildman–Crippen LogP) is 3.24. The van der Waals surface area contributed by atoms with Crippen LogP contribution in [-0.2, 0) is 0 Å². The highest BCUT2D eigenvalue weighted by Gasteiger charge is 2.10. The van der Waals surface area contributed by atoms with Gasteiger partial charge in [0.15, 0.2) is 11.6 Å². The van der Waals surface area contributed by atoms with Gasteiger partial charge in [-0.3, -0.25) is 0 Å². The Hall–Kier alpha value is -2.18. The van der Waals surface area contributed by atoms with Crippen LogP contribution in [0.2, 0.25) is 0 Å². The fourth-order valence-corrected chi connectivity index (χ4v) is 1.27. The van der Waals surface area contributed by atoms with Gasteiger partial charge < -0.3 is 9.31 Å². The van der Waals surface area contributed by atoms with E-state index >= 15 is 0 Å². The number of benzene rings is 2. The Bertz CT molecular complexity index is 540. The minimum atomic E-state index is -0.931. The van der Waals surface area contributed by atoms with Gasteiger partial charge in [-0.2, -0.15) is 0 Å². The van der Waals surface area contributed by atoms with Gasteiger partial charge in [0.25, 0.3) is 0 Å². The summed E-state index contributed by atoms with van der Waals surface area (Å²) in [6.45, 7) is 0. The van der Waals surface area contributed by atoms with Crippen molar-refractivity contribution in [2.75, 3.05) is 0 Å². The average Bonchev–Trinajstić information content (AvgIpc) is 2.34. The molecule has 0 heterocycles. The van der Waals surface area contributed by atoms with Gasteiger partial charge in [0.2, 0.25) is 0 Å². The standard InChI is InChI=1S/C12H6BF4O2/c14-7-1-3-11(9(16)5-7)18-13-19-12-4-2-8(15)6-10(12)17/h1-6H. The van der Waals surface area contributed by atoms with Crippen LogP contribution in [0.4, 0.5) is 17.6 Å². The maximum atomic E-state index is 13.1. The van der Waals surface area contributed by atoms with Gasteiger partial charge in [0, 0.05) is 12.1 Å². The number of hydrogen-bond acceptors (Lipinski definition) is 2. The van der Waals surface area contributed by atoms with Crippen LogP contribution in [0.5, 0.6) is 11.5 Å². The first-order valence-corrected chi connectivity index (χ1v) is 5.11. The van der Waals surface area contributed by atoms with Crippen LogP contribution < -0.4 is 9.31 Å². The third-order valence-corrected chi connectivity index (χ3v) is 2.14. The summed E-state index contributed by atoms with van der Waals surface area (Å²) in [4.78, 5) is 0. The third kappa shape index (κ3) is 3.40. The van der Waals surface area contributed by atoms with E-state index < -0.39 is 23.3 Å². The summed E-state index contributed by atoms with van der Waals surface area (Å²) in [5, 5.41) is 0. The molecule has 19 heavy (non-hydrogen) atoms. The summed E-state index contributed by atoms with van der Waals surface area (Å²) in [5.74, 6) is -3.95. The van der Waals surface area contributed by atoms with E-state index in [1.165, 1.54) is 0 Å². The van der Waals surface area contributed by atoms with Crippen LogP contribution >= 0.6 is 0 Å². The first-order valence-electron chi connectivity index (χ1n) is 5.11. The Labute approximate surface area is 106 Å². The van der Waals surface area contributed by atoms with Crippen molar-refractivity contribution in [3.63, 3.8) is 0 Å². The lowest BCUT2D eigenvalue weighted by Crippen LogP contribution is -2.12. The van der Waals surface area contributed by atoms with Gasteiger partial charge in [0.05, 0.1) is 0 Å². The molecule has 0 saturated heterocycles. The second-order valence-corrected chi connectivity index (χ2v) is 3.48. The van der Waals surface area contributed by atoms with Crippen LogP contribution in [0.15, 0.2) is 36.4 Å². The van der Waals surface area contributed by atoms with Crippen LogP contribution in [0, 0.1) is 23.3 Å². The molecule has 0 aliphatic heterocycles. The molecule has 0 aromatic heterocycles. The molecular weight excluding hydrogens is 263 g/mol. The minimum Gasteiger partial charge on any atom is -0.524 e. The molecule has 0 fully saturated rings. The summed E-state index contributed by atoms with van der Waals surface area (Å²) in [6, 6.07) is 5.33. The molecule has 0 aliphatic carbocycles. The van der Waals surface area contributed by atoms with E-state index in [0.29, 0.717) is 19.8 Å². The number of rotatable bonds is 4. The molecule has 0 bridgehead atoms. The summed E-state index contributed by atoms with van der Waals surface area (Å²) < 4.78 is 61.0. The highest BCUT2D eigenvalue weighted by molar-refractivity contribution is 6.20. The molecule has 0 aliphatic rings. The van der Waals surface area contributed by atoms with Crippen LogP contribution in [-0.4, -0.2) is 7.69 Å². The summed E-state index contributed by atoms with van der Waals surface area (Å²) in [6.07, 6.45) is 0. The Kier molecular flexibility index (Phi) is 3.94. The molecule has 7 heteroatoms. The van der Waals surface area contributed by atoms with E-state index in [1.54, 1.807) is 0 Å². The van der Waals surface area contributed by atoms with Crippen molar-refractivity contribution in [1.29, 1.82) is 0 Å². The zero-order valence-electron chi connectivity index (χ0n) is 9.37. The van der Waals surface area contributed by atoms with E-state index in [1.807, 2.05) is 0 Å². The zero-order chi connectivity index (χ0) is 13.8. The molecule has 1 radical (unpaired) electrons. The molecule has 2 aromatic carbocycles. The Morgan fingerprint density at radius 3 is 1.47 bits per heavy atom. The van der Waals surface area contributed by atoms with Crippen molar-refractivity contribution >= 4 is 7.69 Å². The smallest absolute Gasteiger partial charge is 0.524 e. The summed E-state index contributed by atoms with van der Waals surface area (Å²) in [5.41, 5.74) is 0. The fraction of sp³-hybridized carbons (Fsp3) is 0. The molecule has 0 unspecified atom stereocenters. The second-order valence-electron chi connectivity index (χ2n) is 3.48. The van der Waals surface area contributed by atoms with Crippen LogP contribution in [0.25, 0.3) is 0 Å². The van der Waals surface area contributed by atoms with Gasteiger partial charge in [-0.25, -0.2) is 17.6 Å². The van der Waals surface area contributed by atoms with Crippen molar-refractivity contribution in [2.24, 2.45) is 0 Å². The molecule has 2 rings (SSSR count). The Morgan fingerprint density at radius 2 is 1.11 bits per heavy atom. The van der Waals surface area contributed by atoms with Gasteiger partial charge in [-0.05, 0) is 24.3 Å². The third-order valence-electron chi connectivity index (χ3n) is 2.14. The summed E-state index contributed by atoms with van der Waals surface area (Å²) in [7, 11) is 0.659. The number of halogens is 4. The molecule has 97 valence electrons. The second kappa shape index (κ2) is 5.64. The maximum absolute atomic E-state index is 13.1. The normalized spacial score (nSPS) is 10.1. The quantitative estimate of drug-likeness (QED) is 0.626. The summed E-state index contributed by atoms with van der Waals surface area (Å²) >= 11 is 0. The fourth-order valence-electron chi connectivity index (χ4n) is 1.27. The van der Waals surface area contributed by atoms with E-state index in [9.17, 15) is 17.6 Å². The van der Waals surface area contributed by atoms with Crippen molar-refractivity contribution in [3.8, 4) is 11.5 Å². The van der Waals surface area contributed by atoms with Gasteiger partial charge in [-0.15, -0.1) is 0 Å². The van der Waals surface area contributed by atoms with Crippen LogP contribution in [0.3, 0.4) is 0 Å². The monoisotopic (exact) mass is 269 g/mol. The molecule has 0 spiro atoms. The minimum absolute atomic E-state index is 0.288. The van der Waals surface area contributed by atoms with Gasteiger partial charge >= 0.3 is 7.69 Å². The molecule has 2 nitrogen and oxygen atoms in total.